The van der Waals surface area contributed by atoms with Gasteiger partial charge in [-0.3, -0.25) is 0 Å². The van der Waals surface area contributed by atoms with E-state index in [1.165, 1.54) is 0 Å². The van der Waals surface area contributed by atoms with Crippen LogP contribution in [0.4, 0.5) is 0 Å². The highest BCUT2D eigenvalue weighted by atomic mass is 16.3. The van der Waals surface area contributed by atoms with Crippen LogP contribution < -0.4 is 0 Å². The number of benzene rings is 1. The Morgan fingerprint density at radius 3 is 1.39 bits per heavy atom. The first kappa shape index (κ1) is 15.2. The summed E-state index contributed by atoms with van der Waals surface area (Å²) in [5.41, 5.74) is 1.91. The van der Waals surface area contributed by atoms with E-state index in [9.17, 15) is 10.2 Å². The molecule has 1 aromatic rings. The molecule has 1 rings (SSSR count). The molecule has 0 radical (unpaired) electrons. The highest BCUT2D eigenvalue weighted by molar-refractivity contribution is 5.25. The molecule has 18 heavy (non-hydrogen) atoms. The Morgan fingerprint density at radius 1 is 0.778 bits per heavy atom. The van der Waals surface area contributed by atoms with Crippen molar-refractivity contribution < 1.29 is 10.2 Å². The predicted molar refractivity (Wildman–Crippen MR) is 75.4 cm³/mol. The van der Waals surface area contributed by atoms with Gasteiger partial charge in [0.1, 0.15) is 0 Å². The quantitative estimate of drug-likeness (QED) is 0.728. The number of unbranched alkanes of at least 4 members (excludes halogenated alkanes) is 2. The van der Waals surface area contributed by atoms with Crippen molar-refractivity contribution in [3.63, 3.8) is 0 Å². The molecule has 0 saturated heterocycles. The van der Waals surface area contributed by atoms with Crippen LogP contribution in [0.2, 0.25) is 0 Å². The van der Waals surface area contributed by atoms with Crippen LogP contribution in [0.1, 0.15) is 75.7 Å². The molecule has 0 saturated carbocycles. The normalized spacial score (nSPS) is 14.4. The molecule has 0 bridgehead atoms. The van der Waals surface area contributed by atoms with E-state index in [-0.39, 0.29) is 12.2 Å². The zero-order valence-electron chi connectivity index (χ0n) is 11.6. The van der Waals surface area contributed by atoms with Crippen molar-refractivity contribution in [2.75, 3.05) is 0 Å². The zero-order chi connectivity index (χ0) is 13.4. The van der Waals surface area contributed by atoms with Crippen LogP contribution in [0.15, 0.2) is 24.3 Å². The Hall–Kier alpha value is -0.860. The van der Waals surface area contributed by atoms with Crippen LogP contribution in [-0.2, 0) is 0 Å². The number of hydrogen-bond acceptors (Lipinski definition) is 2. The van der Waals surface area contributed by atoms with Crippen LogP contribution in [0.5, 0.6) is 0 Å². The fourth-order valence-corrected chi connectivity index (χ4v) is 2.07. The minimum Gasteiger partial charge on any atom is -0.388 e. The van der Waals surface area contributed by atoms with Gasteiger partial charge in [0.25, 0.3) is 0 Å². The Labute approximate surface area is 111 Å². The molecule has 2 nitrogen and oxygen atoms in total. The highest BCUT2D eigenvalue weighted by Gasteiger charge is 2.09. The number of aliphatic hydroxyl groups is 2. The third-order valence-electron chi connectivity index (χ3n) is 3.37. The fraction of sp³-hybridized carbons (Fsp3) is 0.625. The number of rotatable bonds is 8. The number of aliphatic hydroxyl groups excluding tert-OH is 2. The van der Waals surface area contributed by atoms with Crippen molar-refractivity contribution in [3.8, 4) is 0 Å². The summed E-state index contributed by atoms with van der Waals surface area (Å²) >= 11 is 0. The minimum atomic E-state index is -0.369. The first-order chi connectivity index (χ1) is 8.69. The van der Waals surface area contributed by atoms with E-state index in [2.05, 4.69) is 13.8 Å². The van der Waals surface area contributed by atoms with Gasteiger partial charge in [0.2, 0.25) is 0 Å². The molecule has 0 aliphatic carbocycles. The average molecular weight is 250 g/mol. The molecule has 2 N–H and O–H groups in total. The lowest BCUT2D eigenvalue weighted by atomic mass is 9.99. The van der Waals surface area contributed by atoms with Crippen LogP contribution in [-0.4, -0.2) is 10.2 Å². The van der Waals surface area contributed by atoms with Crippen molar-refractivity contribution >= 4 is 0 Å². The maximum atomic E-state index is 9.96. The lowest BCUT2D eigenvalue weighted by molar-refractivity contribution is 0.160. The number of hydrogen-bond donors (Lipinski definition) is 2. The van der Waals surface area contributed by atoms with E-state index in [0.29, 0.717) is 0 Å². The van der Waals surface area contributed by atoms with E-state index in [4.69, 9.17) is 0 Å². The summed E-state index contributed by atoms with van der Waals surface area (Å²) in [6, 6.07) is 7.74. The monoisotopic (exact) mass is 250 g/mol. The standard InChI is InChI=1S/C16H26O2/c1-3-5-7-15(17)13-9-11-14(12-10-13)16(18)8-6-4-2/h9-12,15-18H,3-8H2,1-2H3. The van der Waals surface area contributed by atoms with Gasteiger partial charge in [0, 0.05) is 0 Å². The van der Waals surface area contributed by atoms with Gasteiger partial charge < -0.3 is 10.2 Å². The maximum Gasteiger partial charge on any atom is 0.0790 e. The fourth-order valence-electron chi connectivity index (χ4n) is 2.07. The van der Waals surface area contributed by atoms with Crippen LogP contribution >= 0.6 is 0 Å². The molecule has 2 unspecified atom stereocenters. The van der Waals surface area contributed by atoms with Gasteiger partial charge in [-0.2, -0.15) is 0 Å². The summed E-state index contributed by atoms with van der Waals surface area (Å²) < 4.78 is 0. The molecule has 0 spiro atoms. The van der Waals surface area contributed by atoms with Gasteiger partial charge in [-0.1, -0.05) is 63.8 Å². The Kier molecular flexibility index (Phi) is 6.99. The molecule has 1 aromatic carbocycles. The summed E-state index contributed by atoms with van der Waals surface area (Å²) in [5, 5.41) is 19.9. The molecule has 0 aliphatic rings. The molecule has 2 heteroatoms. The largest absolute Gasteiger partial charge is 0.388 e. The summed E-state index contributed by atoms with van der Waals surface area (Å²) in [4.78, 5) is 0. The van der Waals surface area contributed by atoms with Crippen LogP contribution in [0.3, 0.4) is 0 Å². The van der Waals surface area contributed by atoms with Gasteiger partial charge in [0.15, 0.2) is 0 Å². The smallest absolute Gasteiger partial charge is 0.0790 e. The first-order valence-corrected chi connectivity index (χ1v) is 7.15. The molecule has 0 fully saturated rings. The van der Waals surface area contributed by atoms with E-state index < -0.39 is 0 Å². The van der Waals surface area contributed by atoms with Crippen molar-refractivity contribution in [1.82, 2.24) is 0 Å². The summed E-state index contributed by atoms with van der Waals surface area (Å²) in [6.45, 7) is 4.25. The second kappa shape index (κ2) is 8.28. The van der Waals surface area contributed by atoms with E-state index in [1.54, 1.807) is 0 Å². The second-order valence-electron chi connectivity index (χ2n) is 4.98. The van der Waals surface area contributed by atoms with Gasteiger partial charge in [0.05, 0.1) is 12.2 Å². The molecular weight excluding hydrogens is 224 g/mol. The Bertz CT molecular complexity index is 285. The molecule has 2 atom stereocenters. The lowest BCUT2D eigenvalue weighted by Gasteiger charge is -2.13. The average Bonchev–Trinajstić information content (AvgIpc) is 2.42. The van der Waals surface area contributed by atoms with Crippen molar-refractivity contribution in [3.05, 3.63) is 35.4 Å². The SMILES string of the molecule is CCCCC(O)c1ccc(C(O)CCCC)cc1. The zero-order valence-corrected chi connectivity index (χ0v) is 11.6. The summed E-state index contributed by atoms with van der Waals surface area (Å²) in [7, 11) is 0. The third kappa shape index (κ3) is 4.79. The first-order valence-electron chi connectivity index (χ1n) is 7.15. The molecule has 0 aromatic heterocycles. The van der Waals surface area contributed by atoms with Crippen molar-refractivity contribution in [2.24, 2.45) is 0 Å². The van der Waals surface area contributed by atoms with E-state index in [0.717, 1.165) is 49.7 Å². The molecular formula is C16H26O2. The highest BCUT2D eigenvalue weighted by Crippen LogP contribution is 2.23. The molecule has 0 aliphatic heterocycles. The molecule has 0 heterocycles. The summed E-state index contributed by atoms with van der Waals surface area (Å²) in [6.07, 6.45) is 5.18. The van der Waals surface area contributed by atoms with Crippen molar-refractivity contribution in [1.29, 1.82) is 0 Å². The predicted octanol–water partition coefficient (Wildman–Crippen LogP) is 4.13. The van der Waals surface area contributed by atoms with Crippen LogP contribution in [0, 0.1) is 0 Å². The molecule has 102 valence electrons. The van der Waals surface area contributed by atoms with Gasteiger partial charge in [-0.05, 0) is 24.0 Å². The minimum absolute atomic E-state index is 0.369. The second-order valence-corrected chi connectivity index (χ2v) is 4.98. The topological polar surface area (TPSA) is 40.5 Å². The Morgan fingerprint density at radius 2 is 1.11 bits per heavy atom. The third-order valence-corrected chi connectivity index (χ3v) is 3.37. The Balaban J connectivity index is 2.56. The maximum absolute atomic E-state index is 9.96. The van der Waals surface area contributed by atoms with E-state index in [1.807, 2.05) is 24.3 Å². The van der Waals surface area contributed by atoms with Gasteiger partial charge in [-0.25, -0.2) is 0 Å². The molecule has 0 amide bonds. The van der Waals surface area contributed by atoms with Gasteiger partial charge >= 0.3 is 0 Å². The van der Waals surface area contributed by atoms with E-state index >= 15 is 0 Å². The summed E-state index contributed by atoms with van der Waals surface area (Å²) in [5.74, 6) is 0. The lowest BCUT2D eigenvalue weighted by Crippen LogP contribution is -2.00. The van der Waals surface area contributed by atoms with Crippen molar-refractivity contribution in [2.45, 2.75) is 64.6 Å². The van der Waals surface area contributed by atoms with Crippen LogP contribution in [0.25, 0.3) is 0 Å². The van der Waals surface area contributed by atoms with Gasteiger partial charge in [-0.15, -0.1) is 0 Å².